The van der Waals surface area contributed by atoms with E-state index in [-0.39, 0.29) is 24.3 Å². The van der Waals surface area contributed by atoms with E-state index in [4.69, 9.17) is 4.52 Å². The average molecular weight is 382 g/mol. The first-order valence-electron chi connectivity index (χ1n) is 9.81. The molecule has 0 spiro atoms. The molecule has 0 unspecified atom stereocenters. The number of hydrogen-bond acceptors (Lipinski definition) is 4. The molecule has 0 bridgehead atoms. The number of nitrogens with zero attached hydrogens (tertiary/aromatic N) is 2. The van der Waals surface area contributed by atoms with Crippen molar-refractivity contribution >= 4 is 23.7 Å². The number of carbonyl (C=O) groups excluding carboxylic acids is 2. The van der Waals surface area contributed by atoms with Gasteiger partial charge in [-0.25, -0.2) is 4.90 Å². The van der Waals surface area contributed by atoms with Crippen molar-refractivity contribution in [2.75, 3.05) is 37.6 Å². The fourth-order valence-electron chi connectivity index (χ4n) is 4.05. The van der Waals surface area contributed by atoms with Gasteiger partial charge in [-0.2, -0.15) is 0 Å². The van der Waals surface area contributed by atoms with Crippen molar-refractivity contribution in [1.82, 2.24) is 5.16 Å². The van der Waals surface area contributed by atoms with Crippen LogP contribution in [0.2, 0.25) is 0 Å². The molecule has 2 N–H and O–H groups in total. The van der Waals surface area contributed by atoms with Gasteiger partial charge in [0.15, 0.2) is 11.9 Å². The number of piperazine rings is 1. The lowest BCUT2D eigenvalue weighted by atomic mass is 10.1. The maximum absolute atomic E-state index is 12.8. The second-order valence-electron chi connectivity index (χ2n) is 7.55. The molecule has 0 aliphatic carbocycles. The highest BCUT2D eigenvalue weighted by Gasteiger charge is 2.47. The SMILES string of the molecule is Cc1cc(N2C(=O)C[C@@H]([NH+]3CC[NH+](C/C=C/c4ccccc4)CC3)C2=O)no1. The first-order valence-corrected chi connectivity index (χ1v) is 9.81. The molecule has 146 valence electrons. The van der Waals surface area contributed by atoms with E-state index in [0.29, 0.717) is 11.6 Å². The third-order valence-corrected chi connectivity index (χ3v) is 5.60. The van der Waals surface area contributed by atoms with E-state index >= 15 is 0 Å². The maximum Gasteiger partial charge on any atom is 0.293 e. The number of imide groups is 1. The first-order chi connectivity index (χ1) is 13.6. The van der Waals surface area contributed by atoms with E-state index in [0.717, 1.165) is 32.7 Å². The van der Waals surface area contributed by atoms with Gasteiger partial charge < -0.3 is 14.3 Å². The number of amides is 2. The summed E-state index contributed by atoms with van der Waals surface area (Å²) in [5.41, 5.74) is 1.21. The van der Waals surface area contributed by atoms with Gasteiger partial charge in [-0.1, -0.05) is 41.6 Å². The molecule has 28 heavy (non-hydrogen) atoms. The third kappa shape index (κ3) is 3.90. The lowest BCUT2D eigenvalue weighted by Crippen LogP contribution is -3.30. The van der Waals surface area contributed by atoms with Gasteiger partial charge in [-0.3, -0.25) is 9.59 Å². The van der Waals surface area contributed by atoms with E-state index in [1.807, 2.05) is 18.2 Å². The van der Waals surface area contributed by atoms with Crippen LogP contribution in [0.4, 0.5) is 5.82 Å². The van der Waals surface area contributed by atoms with Crippen molar-refractivity contribution in [2.24, 2.45) is 0 Å². The molecule has 4 rings (SSSR count). The maximum atomic E-state index is 12.8. The Morgan fingerprint density at radius 2 is 1.93 bits per heavy atom. The number of nitrogens with one attached hydrogen (secondary N) is 2. The summed E-state index contributed by atoms with van der Waals surface area (Å²) in [5.74, 6) is 0.564. The number of carbonyl (C=O) groups is 2. The summed E-state index contributed by atoms with van der Waals surface area (Å²) in [4.78, 5) is 29.1. The van der Waals surface area contributed by atoms with Crippen LogP contribution in [-0.2, 0) is 9.59 Å². The molecule has 1 atom stereocenters. The zero-order valence-electron chi connectivity index (χ0n) is 16.1. The number of anilines is 1. The summed E-state index contributed by atoms with van der Waals surface area (Å²) >= 11 is 0. The minimum Gasteiger partial charge on any atom is -0.360 e. The summed E-state index contributed by atoms with van der Waals surface area (Å²) in [7, 11) is 0. The van der Waals surface area contributed by atoms with Crippen LogP contribution in [0, 0.1) is 6.92 Å². The van der Waals surface area contributed by atoms with Gasteiger partial charge in [0.1, 0.15) is 31.9 Å². The Hall–Kier alpha value is -2.77. The van der Waals surface area contributed by atoms with E-state index < -0.39 is 0 Å². The van der Waals surface area contributed by atoms with E-state index in [1.165, 1.54) is 20.3 Å². The lowest BCUT2D eigenvalue weighted by Gasteiger charge is -2.31. The van der Waals surface area contributed by atoms with Crippen molar-refractivity contribution < 1.29 is 23.9 Å². The summed E-state index contributed by atoms with van der Waals surface area (Å²) in [6.45, 7) is 6.50. The normalized spacial score (nSPS) is 25.8. The molecule has 3 heterocycles. The van der Waals surface area contributed by atoms with Gasteiger partial charge in [0.25, 0.3) is 5.91 Å². The first kappa shape index (κ1) is 18.6. The number of benzene rings is 1. The molecule has 2 aliphatic rings. The van der Waals surface area contributed by atoms with Crippen LogP contribution in [0.1, 0.15) is 17.7 Å². The predicted molar refractivity (Wildman–Crippen MR) is 104 cm³/mol. The van der Waals surface area contributed by atoms with Gasteiger partial charge in [0, 0.05) is 6.07 Å². The van der Waals surface area contributed by atoms with E-state index in [9.17, 15) is 9.59 Å². The molecule has 2 aliphatic heterocycles. The molecule has 2 amide bonds. The molecule has 7 heteroatoms. The largest absolute Gasteiger partial charge is 0.360 e. The second-order valence-corrected chi connectivity index (χ2v) is 7.55. The van der Waals surface area contributed by atoms with Gasteiger partial charge in [0.2, 0.25) is 5.91 Å². The molecule has 0 saturated carbocycles. The molecule has 1 aromatic carbocycles. The van der Waals surface area contributed by atoms with Gasteiger partial charge >= 0.3 is 0 Å². The zero-order valence-corrected chi connectivity index (χ0v) is 16.1. The molecule has 7 nitrogen and oxygen atoms in total. The van der Waals surface area contributed by atoms with Crippen LogP contribution in [0.15, 0.2) is 47.0 Å². The van der Waals surface area contributed by atoms with Gasteiger partial charge in [-0.15, -0.1) is 0 Å². The van der Waals surface area contributed by atoms with Crippen LogP contribution in [0.25, 0.3) is 6.08 Å². The van der Waals surface area contributed by atoms with E-state index in [1.54, 1.807) is 13.0 Å². The standard InChI is InChI=1S/C21H24N4O3/c1-16-14-19(22-28-16)25-20(26)15-18(21(25)27)24-12-10-23(11-13-24)9-5-8-17-6-3-2-4-7-17/h2-8,14,18H,9-13,15H2,1H3/p+2/b8-5+/t18-/m1/s1. The monoisotopic (exact) mass is 382 g/mol. The Bertz CT molecular complexity index is 869. The van der Waals surface area contributed by atoms with Crippen molar-refractivity contribution in [1.29, 1.82) is 0 Å². The Morgan fingerprint density at radius 1 is 1.18 bits per heavy atom. The number of rotatable bonds is 5. The van der Waals surface area contributed by atoms with Gasteiger partial charge in [-0.05, 0) is 18.6 Å². The summed E-state index contributed by atoms with van der Waals surface area (Å²) in [6.07, 6.45) is 4.63. The Morgan fingerprint density at radius 3 is 2.61 bits per heavy atom. The summed E-state index contributed by atoms with van der Waals surface area (Å²) in [6, 6.07) is 11.6. The predicted octanol–water partition coefficient (Wildman–Crippen LogP) is -0.888. The van der Waals surface area contributed by atoms with Crippen LogP contribution in [-0.4, -0.2) is 55.7 Å². The number of aromatic nitrogens is 1. The topological polar surface area (TPSA) is 72.3 Å². The van der Waals surface area contributed by atoms with Crippen molar-refractivity contribution in [3.05, 3.63) is 53.8 Å². The van der Waals surface area contributed by atoms with E-state index in [2.05, 4.69) is 29.4 Å². The van der Waals surface area contributed by atoms with Crippen LogP contribution in [0.5, 0.6) is 0 Å². The number of aryl methyl sites for hydroxylation is 1. The molecule has 2 aromatic rings. The Kier molecular flexibility index (Phi) is 5.36. The molecule has 0 radical (unpaired) electrons. The average Bonchev–Trinajstić information content (AvgIpc) is 3.25. The second kappa shape index (κ2) is 8.08. The smallest absolute Gasteiger partial charge is 0.293 e. The van der Waals surface area contributed by atoms with Crippen LogP contribution in [0.3, 0.4) is 0 Å². The molecule has 1 aromatic heterocycles. The van der Waals surface area contributed by atoms with Crippen molar-refractivity contribution in [2.45, 2.75) is 19.4 Å². The number of quaternary nitrogens is 2. The van der Waals surface area contributed by atoms with Crippen LogP contribution < -0.4 is 14.7 Å². The molecular formula is C21H26N4O3+2. The minimum absolute atomic E-state index is 0.152. The lowest BCUT2D eigenvalue weighted by molar-refractivity contribution is -1.02. The number of hydrogen-bond donors (Lipinski definition) is 2. The van der Waals surface area contributed by atoms with Gasteiger partial charge in [0.05, 0.1) is 13.0 Å². The summed E-state index contributed by atoms with van der Waals surface area (Å²) in [5, 5.41) is 3.84. The minimum atomic E-state index is -0.300. The third-order valence-electron chi connectivity index (χ3n) is 5.60. The van der Waals surface area contributed by atoms with Crippen LogP contribution >= 0.6 is 0 Å². The summed E-state index contributed by atoms with van der Waals surface area (Å²) < 4.78 is 5.03. The van der Waals surface area contributed by atoms with Crippen molar-refractivity contribution in [3.8, 4) is 0 Å². The fourth-order valence-corrected chi connectivity index (χ4v) is 4.05. The Labute approximate surface area is 164 Å². The Balaban J connectivity index is 1.31. The van der Waals surface area contributed by atoms with Crippen molar-refractivity contribution in [3.63, 3.8) is 0 Å². The molecular weight excluding hydrogens is 356 g/mol. The highest BCUT2D eigenvalue weighted by Crippen LogP contribution is 2.21. The quantitative estimate of drug-likeness (QED) is 0.659. The zero-order chi connectivity index (χ0) is 19.5. The molecule has 2 fully saturated rings. The fraction of sp³-hybridized carbons (Fsp3) is 0.381. The highest BCUT2D eigenvalue weighted by molar-refractivity contribution is 6.21. The highest BCUT2D eigenvalue weighted by atomic mass is 16.5. The molecule has 2 saturated heterocycles.